The molecule has 0 radical (unpaired) electrons. The maximum atomic E-state index is 5.44. The number of ether oxygens (including phenoxy) is 2. The van der Waals surface area contributed by atoms with Crippen LogP contribution in [0.25, 0.3) is 0 Å². The molecule has 4 heteroatoms. The fourth-order valence-corrected chi connectivity index (χ4v) is 2.59. The molecule has 2 N–H and O–H groups in total. The Kier molecular flexibility index (Phi) is 4.91. The molecule has 0 aliphatic carbocycles. The first kappa shape index (κ1) is 14.0. The highest BCUT2D eigenvalue weighted by Gasteiger charge is 2.14. The maximum absolute atomic E-state index is 5.44. The van der Waals surface area contributed by atoms with E-state index in [0.717, 1.165) is 48.3 Å². The number of hydrogen-bond acceptors (Lipinski definition) is 4. The van der Waals surface area contributed by atoms with E-state index in [1.807, 2.05) is 12.1 Å². The summed E-state index contributed by atoms with van der Waals surface area (Å²) in [4.78, 5) is 0. The van der Waals surface area contributed by atoms with Crippen LogP contribution in [0.5, 0.6) is 11.5 Å². The third-order valence-electron chi connectivity index (χ3n) is 3.75. The van der Waals surface area contributed by atoms with Crippen LogP contribution in [0.15, 0.2) is 12.1 Å². The number of hydrogen-bond donors (Lipinski definition) is 2. The summed E-state index contributed by atoms with van der Waals surface area (Å²) in [6.07, 6.45) is 2.49. The van der Waals surface area contributed by atoms with Crippen molar-refractivity contribution in [2.24, 2.45) is 5.92 Å². The molecular formula is C15H24N2O2. The summed E-state index contributed by atoms with van der Waals surface area (Å²) >= 11 is 0. The molecule has 1 heterocycles. The third-order valence-corrected chi connectivity index (χ3v) is 3.75. The SMILES string of the molecule is COc1cc(C)c(NCCC2CCNC2)c(OC)c1. The van der Waals surface area contributed by atoms with Crippen molar-refractivity contribution in [3.63, 3.8) is 0 Å². The van der Waals surface area contributed by atoms with Gasteiger partial charge < -0.3 is 20.1 Å². The summed E-state index contributed by atoms with van der Waals surface area (Å²) in [6, 6.07) is 3.95. The van der Waals surface area contributed by atoms with Crippen LogP contribution in [0.2, 0.25) is 0 Å². The average molecular weight is 264 g/mol. The molecular weight excluding hydrogens is 240 g/mol. The molecule has 1 fully saturated rings. The van der Waals surface area contributed by atoms with Gasteiger partial charge in [-0.2, -0.15) is 0 Å². The fraction of sp³-hybridized carbons (Fsp3) is 0.600. The number of nitrogens with one attached hydrogen (secondary N) is 2. The Morgan fingerprint density at radius 1 is 1.32 bits per heavy atom. The Morgan fingerprint density at radius 3 is 2.79 bits per heavy atom. The van der Waals surface area contributed by atoms with Gasteiger partial charge in [0.15, 0.2) is 0 Å². The standard InChI is InChI=1S/C15H24N2O2/c1-11-8-13(18-2)9-14(19-3)15(11)17-7-5-12-4-6-16-10-12/h8-9,12,16-17H,4-7,10H2,1-3H3. The summed E-state index contributed by atoms with van der Waals surface area (Å²) in [5.74, 6) is 2.48. The van der Waals surface area contributed by atoms with Gasteiger partial charge in [0.25, 0.3) is 0 Å². The molecule has 0 saturated carbocycles. The summed E-state index contributed by atoms with van der Waals surface area (Å²) in [7, 11) is 3.37. The molecule has 1 aromatic rings. The summed E-state index contributed by atoms with van der Waals surface area (Å²) in [5.41, 5.74) is 2.23. The van der Waals surface area contributed by atoms with Gasteiger partial charge in [-0.3, -0.25) is 0 Å². The summed E-state index contributed by atoms with van der Waals surface area (Å²) < 4.78 is 10.7. The van der Waals surface area contributed by atoms with E-state index in [1.54, 1.807) is 14.2 Å². The van der Waals surface area contributed by atoms with Crippen molar-refractivity contribution in [2.45, 2.75) is 19.8 Å². The minimum absolute atomic E-state index is 0.803. The second-order valence-electron chi connectivity index (χ2n) is 5.10. The molecule has 1 saturated heterocycles. The molecule has 0 amide bonds. The first-order chi connectivity index (χ1) is 9.24. The van der Waals surface area contributed by atoms with Gasteiger partial charge in [-0.1, -0.05) is 0 Å². The zero-order chi connectivity index (χ0) is 13.7. The van der Waals surface area contributed by atoms with Crippen molar-refractivity contribution in [3.8, 4) is 11.5 Å². The average Bonchev–Trinajstić information content (AvgIpc) is 2.93. The molecule has 0 bridgehead atoms. The lowest BCUT2D eigenvalue weighted by Crippen LogP contribution is -2.13. The molecule has 1 aliphatic heterocycles. The van der Waals surface area contributed by atoms with E-state index in [-0.39, 0.29) is 0 Å². The first-order valence-electron chi connectivity index (χ1n) is 6.91. The predicted octanol–water partition coefficient (Wildman–Crippen LogP) is 2.42. The van der Waals surface area contributed by atoms with Gasteiger partial charge in [0, 0.05) is 12.6 Å². The smallest absolute Gasteiger partial charge is 0.145 e. The number of aryl methyl sites for hydroxylation is 1. The summed E-state index contributed by atoms with van der Waals surface area (Å²) in [6.45, 7) is 5.37. The monoisotopic (exact) mass is 264 g/mol. The lowest BCUT2D eigenvalue weighted by Gasteiger charge is -2.16. The van der Waals surface area contributed by atoms with Crippen molar-refractivity contribution in [1.82, 2.24) is 5.32 Å². The number of benzene rings is 1. The molecule has 0 aromatic heterocycles. The largest absolute Gasteiger partial charge is 0.497 e. The molecule has 1 aromatic carbocycles. The third kappa shape index (κ3) is 3.53. The van der Waals surface area contributed by atoms with Crippen LogP contribution >= 0.6 is 0 Å². The van der Waals surface area contributed by atoms with E-state index >= 15 is 0 Å². The molecule has 0 spiro atoms. The second kappa shape index (κ2) is 6.66. The molecule has 4 nitrogen and oxygen atoms in total. The second-order valence-corrected chi connectivity index (χ2v) is 5.10. The lowest BCUT2D eigenvalue weighted by atomic mass is 10.0. The Bertz CT molecular complexity index is 415. The topological polar surface area (TPSA) is 42.5 Å². The van der Waals surface area contributed by atoms with Crippen molar-refractivity contribution < 1.29 is 9.47 Å². The number of anilines is 1. The van der Waals surface area contributed by atoms with Crippen molar-refractivity contribution in [2.75, 3.05) is 39.2 Å². The number of rotatable bonds is 6. The van der Waals surface area contributed by atoms with E-state index < -0.39 is 0 Å². The van der Waals surface area contributed by atoms with Crippen LogP contribution in [0.4, 0.5) is 5.69 Å². The van der Waals surface area contributed by atoms with Gasteiger partial charge in [0.05, 0.1) is 19.9 Å². The van der Waals surface area contributed by atoms with Crippen LogP contribution in [0.1, 0.15) is 18.4 Å². The minimum Gasteiger partial charge on any atom is -0.497 e. The normalized spacial score (nSPS) is 18.4. The highest BCUT2D eigenvalue weighted by atomic mass is 16.5. The zero-order valence-corrected chi connectivity index (χ0v) is 12.1. The lowest BCUT2D eigenvalue weighted by molar-refractivity contribution is 0.394. The highest BCUT2D eigenvalue weighted by Crippen LogP contribution is 2.33. The van der Waals surface area contributed by atoms with Crippen LogP contribution in [0.3, 0.4) is 0 Å². The van der Waals surface area contributed by atoms with Crippen LogP contribution in [-0.4, -0.2) is 33.9 Å². The molecule has 1 atom stereocenters. The van der Waals surface area contributed by atoms with E-state index in [1.165, 1.54) is 12.8 Å². The van der Waals surface area contributed by atoms with E-state index in [0.29, 0.717) is 0 Å². The van der Waals surface area contributed by atoms with Gasteiger partial charge in [0.2, 0.25) is 0 Å². The van der Waals surface area contributed by atoms with Crippen LogP contribution in [0, 0.1) is 12.8 Å². The van der Waals surface area contributed by atoms with Crippen LogP contribution in [-0.2, 0) is 0 Å². The van der Waals surface area contributed by atoms with Crippen molar-refractivity contribution in [1.29, 1.82) is 0 Å². The first-order valence-corrected chi connectivity index (χ1v) is 6.91. The molecule has 19 heavy (non-hydrogen) atoms. The quantitative estimate of drug-likeness (QED) is 0.828. The molecule has 1 aliphatic rings. The molecule has 1 unspecified atom stereocenters. The van der Waals surface area contributed by atoms with Crippen molar-refractivity contribution in [3.05, 3.63) is 17.7 Å². The van der Waals surface area contributed by atoms with Gasteiger partial charge in [-0.15, -0.1) is 0 Å². The van der Waals surface area contributed by atoms with Crippen molar-refractivity contribution >= 4 is 5.69 Å². The minimum atomic E-state index is 0.803. The molecule has 2 rings (SSSR count). The van der Waals surface area contributed by atoms with Gasteiger partial charge in [-0.05, 0) is 50.4 Å². The van der Waals surface area contributed by atoms with Crippen LogP contribution < -0.4 is 20.1 Å². The zero-order valence-electron chi connectivity index (χ0n) is 12.1. The molecule has 106 valence electrons. The Balaban J connectivity index is 1.98. The van der Waals surface area contributed by atoms with Gasteiger partial charge >= 0.3 is 0 Å². The maximum Gasteiger partial charge on any atom is 0.145 e. The van der Waals surface area contributed by atoms with E-state index in [2.05, 4.69) is 17.6 Å². The Morgan fingerprint density at radius 2 is 2.16 bits per heavy atom. The van der Waals surface area contributed by atoms with Gasteiger partial charge in [-0.25, -0.2) is 0 Å². The predicted molar refractivity (Wildman–Crippen MR) is 78.4 cm³/mol. The van der Waals surface area contributed by atoms with Gasteiger partial charge in [0.1, 0.15) is 11.5 Å². The number of methoxy groups -OCH3 is 2. The Hall–Kier alpha value is -1.42. The highest BCUT2D eigenvalue weighted by molar-refractivity contribution is 5.64. The van der Waals surface area contributed by atoms with E-state index in [4.69, 9.17) is 9.47 Å². The Labute approximate surface area is 115 Å². The summed E-state index contributed by atoms with van der Waals surface area (Å²) in [5, 5.41) is 6.90. The van der Waals surface area contributed by atoms with E-state index in [9.17, 15) is 0 Å². The fourth-order valence-electron chi connectivity index (χ4n) is 2.59.